The number of benzene rings is 1. The van der Waals surface area contributed by atoms with E-state index in [0.29, 0.717) is 12.0 Å². The number of hydrogen-bond donors (Lipinski definition) is 0. The lowest BCUT2D eigenvalue weighted by atomic mass is 9.97. The van der Waals surface area contributed by atoms with Crippen molar-refractivity contribution in [3.05, 3.63) is 35.9 Å². The maximum Gasteiger partial charge on any atom is 0.0618 e. The third-order valence-electron chi connectivity index (χ3n) is 3.10. The first-order valence-corrected chi connectivity index (χ1v) is 6.15. The van der Waals surface area contributed by atoms with E-state index in [4.69, 9.17) is 16.3 Å². The van der Waals surface area contributed by atoms with Gasteiger partial charge in [0.2, 0.25) is 0 Å². The molecule has 0 aliphatic carbocycles. The summed E-state index contributed by atoms with van der Waals surface area (Å²) in [6, 6.07) is 10.6. The fraction of sp³-hybridized carbons (Fsp3) is 0.538. The minimum Gasteiger partial charge on any atom is -0.378 e. The van der Waals surface area contributed by atoms with Crippen LogP contribution in [0.25, 0.3) is 0 Å². The monoisotopic (exact) mass is 224 g/mol. The first-order valence-electron chi connectivity index (χ1n) is 5.61. The number of alkyl halides is 1. The molecular formula is C13H17ClO. The number of halogens is 1. The molecule has 2 unspecified atom stereocenters. The maximum atomic E-state index is 5.90. The van der Waals surface area contributed by atoms with Gasteiger partial charge in [-0.1, -0.05) is 30.3 Å². The molecule has 0 amide bonds. The number of aryl methyl sites for hydroxylation is 1. The molecule has 0 aromatic heterocycles. The van der Waals surface area contributed by atoms with Gasteiger partial charge in [-0.05, 0) is 24.8 Å². The standard InChI is InChI=1S/C13H17ClO/c14-10-12-8-9-15-13(12)7-6-11-4-2-1-3-5-11/h1-5,12-13H,6-10H2. The molecule has 1 aromatic carbocycles. The smallest absolute Gasteiger partial charge is 0.0618 e. The molecule has 2 rings (SSSR count). The second-order valence-electron chi connectivity index (χ2n) is 4.14. The minimum absolute atomic E-state index is 0.378. The van der Waals surface area contributed by atoms with E-state index in [1.807, 2.05) is 0 Å². The molecular weight excluding hydrogens is 208 g/mol. The van der Waals surface area contributed by atoms with Crippen molar-refractivity contribution in [1.82, 2.24) is 0 Å². The summed E-state index contributed by atoms with van der Waals surface area (Å²) in [6.45, 7) is 0.886. The molecule has 2 heteroatoms. The molecule has 1 heterocycles. The van der Waals surface area contributed by atoms with Gasteiger partial charge in [0.15, 0.2) is 0 Å². The number of ether oxygens (including phenoxy) is 1. The molecule has 1 saturated heterocycles. The third-order valence-corrected chi connectivity index (χ3v) is 3.50. The van der Waals surface area contributed by atoms with E-state index in [2.05, 4.69) is 30.3 Å². The van der Waals surface area contributed by atoms with Gasteiger partial charge in [0.1, 0.15) is 0 Å². The van der Waals surface area contributed by atoms with Crippen molar-refractivity contribution >= 4 is 11.6 Å². The van der Waals surface area contributed by atoms with Crippen LogP contribution in [-0.2, 0) is 11.2 Å². The Morgan fingerprint density at radius 2 is 2.07 bits per heavy atom. The summed E-state index contributed by atoms with van der Waals surface area (Å²) in [4.78, 5) is 0. The first kappa shape index (κ1) is 11.0. The number of rotatable bonds is 4. The molecule has 1 aliphatic rings. The molecule has 2 atom stereocenters. The van der Waals surface area contributed by atoms with Gasteiger partial charge in [-0.3, -0.25) is 0 Å². The van der Waals surface area contributed by atoms with Crippen LogP contribution in [0.3, 0.4) is 0 Å². The Labute approximate surface area is 96.4 Å². The molecule has 1 aromatic rings. The predicted molar refractivity (Wildman–Crippen MR) is 63.3 cm³/mol. The summed E-state index contributed by atoms with van der Waals surface area (Å²) in [7, 11) is 0. The Hall–Kier alpha value is -0.530. The minimum atomic E-state index is 0.378. The van der Waals surface area contributed by atoms with Crippen molar-refractivity contribution in [3.8, 4) is 0 Å². The third kappa shape index (κ3) is 2.96. The predicted octanol–water partition coefficient (Wildman–Crippen LogP) is 3.26. The van der Waals surface area contributed by atoms with Gasteiger partial charge in [-0.25, -0.2) is 0 Å². The van der Waals surface area contributed by atoms with Gasteiger partial charge < -0.3 is 4.74 Å². The molecule has 1 fully saturated rings. The highest BCUT2D eigenvalue weighted by Gasteiger charge is 2.26. The summed E-state index contributed by atoms with van der Waals surface area (Å²) >= 11 is 5.90. The molecule has 0 saturated carbocycles. The van der Waals surface area contributed by atoms with E-state index in [9.17, 15) is 0 Å². The number of hydrogen-bond acceptors (Lipinski definition) is 1. The van der Waals surface area contributed by atoms with Gasteiger partial charge in [-0.15, -0.1) is 11.6 Å². The van der Waals surface area contributed by atoms with Crippen molar-refractivity contribution in [2.24, 2.45) is 5.92 Å². The Kier molecular flexibility index (Phi) is 4.04. The summed E-state index contributed by atoms with van der Waals surface area (Å²) in [5, 5.41) is 0. The van der Waals surface area contributed by atoms with Crippen LogP contribution >= 0.6 is 11.6 Å². The second-order valence-corrected chi connectivity index (χ2v) is 4.45. The van der Waals surface area contributed by atoms with E-state index in [-0.39, 0.29) is 0 Å². The molecule has 1 nitrogen and oxygen atoms in total. The van der Waals surface area contributed by atoms with Crippen LogP contribution in [0, 0.1) is 5.92 Å². The highest BCUT2D eigenvalue weighted by atomic mass is 35.5. The zero-order valence-electron chi connectivity index (χ0n) is 8.86. The van der Waals surface area contributed by atoms with Crippen molar-refractivity contribution in [1.29, 1.82) is 0 Å². The highest BCUT2D eigenvalue weighted by Crippen LogP contribution is 2.25. The normalized spacial score (nSPS) is 25.7. The lowest BCUT2D eigenvalue weighted by Crippen LogP contribution is -2.18. The Balaban J connectivity index is 1.83. The highest BCUT2D eigenvalue weighted by molar-refractivity contribution is 6.18. The van der Waals surface area contributed by atoms with Crippen LogP contribution in [0.4, 0.5) is 0 Å². The largest absolute Gasteiger partial charge is 0.378 e. The Morgan fingerprint density at radius 3 is 2.80 bits per heavy atom. The zero-order chi connectivity index (χ0) is 10.5. The molecule has 0 radical (unpaired) electrons. The van der Waals surface area contributed by atoms with Crippen LogP contribution in [0.5, 0.6) is 0 Å². The van der Waals surface area contributed by atoms with E-state index in [1.165, 1.54) is 5.56 Å². The molecule has 82 valence electrons. The van der Waals surface area contributed by atoms with Crippen molar-refractivity contribution in [2.45, 2.75) is 25.4 Å². The molecule has 0 spiro atoms. The zero-order valence-corrected chi connectivity index (χ0v) is 9.62. The van der Waals surface area contributed by atoms with Gasteiger partial charge >= 0.3 is 0 Å². The van der Waals surface area contributed by atoms with Crippen LogP contribution in [0.2, 0.25) is 0 Å². The SMILES string of the molecule is ClCC1CCOC1CCc1ccccc1. The van der Waals surface area contributed by atoms with Gasteiger partial charge in [0, 0.05) is 18.4 Å². The van der Waals surface area contributed by atoms with Gasteiger partial charge in [0.25, 0.3) is 0 Å². The Morgan fingerprint density at radius 1 is 1.27 bits per heavy atom. The van der Waals surface area contributed by atoms with Crippen LogP contribution in [0.15, 0.2) is 30.3 Å². The summed E-state index contributed by atoms with van der Waals surface area (Å²) in [5.74, 6) is 1.30. The van der Waals surface area contributed by atoms with E-state index in [1.54, 1.807) is 0 Å². The van der Waals surface area contributed by atoms with E-state index < -0.39 is 0 Å². The molecule has 1 aliphatic heterocycles. The van der Waals surface area contributed by atoms with E-state index >= 15 is 0 Å². The molecule has 15 heavy (non-hydrogen) atoms. The van der Waals surface area contributed by atoms with Crippen LogP contribution in [-0.4, -0.2) is 18.6 Å². The Bertz CT molecular complexity index is 286. The summed E-state index contributed by atoms with van der Waals surface area (Å²) in [5.41, 5.74) is 1.39. The fourth-order valence-corrected chi connectivity index (χ4v) is 2.49. The van der Waals surface area contributed by atoms with Crippen molar-refractivity contribution in [2.75, 3.05) is 12.5 Å². The van der Waals surface area contributed by atoms with Gasteiger partial charge in [0.05, 0.1) is 6.10 Å². The van der Waals surface area contributed by atoms with E-state index in [0.717, 1.165) is 31.7 Å². The maximum absolute atomic E-state index is 5.90. The average molecular weight is 225 g/mol. The average Bonchev–Trinajstić information content (AvgIpc) is 2.75. The molecule has 0 bridgehead atoms. The van der Waals surface area contributed by atoms with Gasteiger partial charge in [-0.2, -0.15) is 0 Å². The van der Waals surface area contributed by atoms with Crippen LogP contribution in [0.1, 0.15) is 18.4 Å². The summed E-state index contributed by atoms with van der Waals surface area (Å²) < 4.78 is 5.69. The molecule has 0 N–H and O–H groups in total. The van der Waals surface area contributed by atoms with Crippen LogP contribution < -0.4 is 0 Å². The topological polar surface area (TPSA) is 9.23 Å². The summed E-state index contributed by atoms with van der Waals surface area (Å²) in [6.07, 6.45) is 3.70. The quantitative estimate of drug-likeness (QED) is 0.714. The van der Waals surface area contributed by atoms with Crippen molar-refractivity contribution in [3.63, 3.8) is 0 Å². The lowest BCUT2D eigenvalue weighted by Gasteiger charge is -2.15. The lowest BCUT2D eigenvalue weighted by molar-refractivity contribution is 0.0880. The fourth-order valence-electron chi connectivity index (χ4n) is 2.14. The second kappa shape index (κ2) is 5.53. The van der Waals surface area contributed by atoms with Crippen molar-refractivity contribution < 1.29 is 4.74 Å². The first-order chi connectivity index (χ1) is 7.40.